The largest absolute Gasteiger partial charge is 0.481 e. The van der Waals surface area contributed by atoms with Crippen LogP contribution in [0.2, 0.25) is 0 Å². The van der Waals surface area contributed by atoms with Gasteiger partial charge in [0.05, 0.1) is 6.42 Å². The fourth-order valence-corrected chi connectivity index (χ4v) is 2.67. The number of carbonyl (C=O) groups is 2. The minimum atomic E-state index is -0.899. The molecule has 0 heterocycles. The molecule has 1 amide bonds. The molecule has 0 spiro atoms. The van der Waals surface area contributed by atoms with Gasteiger partial charge >= 0.3 is 12.1 Å². The van der Waals surface area contributed by atoms with Crippen LogP contribution in [0.3, 0.4) is 0 Å². The summed E-state index contributed by atoms with van der Waals surface area (Å²) in [5, 5.41) is 11.9. The number of carboxylic acid groups (broad SMARTS) is 1. The third-order valence-corrected chi connectivity index (χ3v) is 4.18. The van der Waals surface area contributed by atoms with Crippen LogP contribution in [0, 0.1) is 0 Å². The molecule has 1 unspecified atom stereocenters. The van der Waals surface area contributed by atoms with E-state index in [1.54, 1.807) is 0 Å². The Kier molecular flexibility index (Phi) is 7.21. The van der Waals surface area contributed by atoms with E-state index in [2.05, 4.69) is 19.2 Å². The molecule has 2 rings (SSSR count). The van der Waals surface area contributed by atoms with Gasteiger partial charge in [-0.1, -0.05) is 68.4 Å². The highest BCUT2D eigenvalue weighted by Gasteiger charge is 2.18. The molecule has 5 nitrogen and oxygen atoms in total. The zero-order valence-electron chi connectivity index (χ0n) is 15.1. The van der Waals surface area contributed by atoms with E-state index >= 15 is 0 Å². The summed E-state index contributed by atoms with van der Waals surface area (Å²) in [6.45, 7) is 4.57. The number of aliphatic carboxylic acids is 1. The second kappa shape index (κ2) is 9.61. The molecule has 0 aliphatic heterocycles. The third kappa shape index (κ3) is 6.24. The van der Waals surface area contributed by atoms with Gasteiger partial charge in [0.2, 0.25) is 0 Å². The summed E-state index contributed by atoms with van der Waals surface area (Å²) in [7, 11) is 0. The number of hydrogen-bond donors (Lipinski definition) is 2. The number of amides is 1. The van der Waals surface area contributed by atoms with Gasteiger partial charge in [-0.05, 0) is 22.6 Å². The van der Waals surface area contributed by atoms with Crippen molar-refractivity contribution in [1.82, 2.24) is 5.32 Å². The van der Waals surface area contributed by atoms with E-state index in [9.17, 15) is 14.7 Å². The van der Waals surface area contributed by atoms with Gasteiger partial charge < -0.3 is 15.2 Å². The van der Waals surface area contributed by atoms with Crippen LogP contribution in [0.5, 0.6) is 0 Å². The summed E-state index contributed by atoms with van der Waals surface area (Å²) in [6.07, 6.45) is -0.607. The van der Waals surface area contributed by atoms with Crippen molar-refractivity contribution < 1.29 is 19.4 Å². The van der Waals surface area contributed by atoms with Gasteiger partial charge in [-0.15, -0.1) is 0 Å². The fraction of sp³-hybridized carbons (Fsp3) is 0.333. The molecule has 0 aliphatic carbocycles. The molecular weight excluding hydrogens is 330 g/mol. The second-order valence-corrected chi connectivity index (χ2v) is 6.56. The average molecular weight is 355 g/mol. The zero-order valence-corrected chi connectivity index (χ0v) is 15.1. The van der Waals surface area contributed by atoms with Crippen molar-refractivity contribution in [2.45, 2.75) is 38.7 Å². The Bertz CT molecular complexity index is 728. The lowest BCUT2D eigenvalue weighted by Crippen LogP contribution is -2.30. The molecule has 2 aromatic carbocycles. The molecule has 0 aliphatic rings. The Balaban J connectivity index is 1.96. The normalized spacial score (nSPS) is 11.8. The lowest BCUT2D eigenvalue weighted by atomic mass is 9.91. The van der Waals surface area contributed by atoms with Crippen LogP contribution in [-0.2, 0) is 16.1 Å². The highest BCUT2D eigenvalue weighted by molar-refractivity contribution is 5.69. The Morgan fingerprint density at radius 1 is 1.04 bits per heavy atom. The van der Waals surface area contributed by atoms with E-state index in [-0.39, 0.29) is 25.5 Å². The number of nitrogens with one attached hydrogen (secondary N) is 1. The molecule has 2 aromatic rings. The fourth-order valence-electron chi connectivity index (χ4n) is 2.67. The van der Waals surface area contributed by atoms with Crippen LogP contribution in [0.1, 0.15) is 48.8 Å². The first kappa shape index (κ1) is 19.5. The van der Waals surface area contributed by atoms with Crippen molar-refractivity contribution in [3.8, 4) is 0 Å². The predicted octanol–water partition coefficient (Wildman–Crippen LogP) is 4.29. The summed E-state index contributed by atoms with van der Waals surface area (Å²) < 4.78 is 5.18. The molecule has 1 atom stereocenters. The minimum absolute atomic E-state index is 0.0550. The maximum Gasteiger partial charge on any atom is 0.407 e. The van der Waals surface area contributed by atoms with E-state index in [0.717, 1.165) is 16.7 Å². The SMILES string of the molecule is CC(C)c1cccc(C(CNC(=O)OCc2ccccc2)CC(=O)O)c1. The minimum Gasteiger partial charge on any atom is -0.481 e. The first-order chi connectivity index (χ1) is 12.5. The molecule has 0 aromatic heterocycles. The van der Waals surface area contributed by atoms with Gasteiger partial charge in [0.15, 0.2) is 0 Å². The molecule has 0 fully saturated rings. The number of alkyl carbamates (subject to hydrolysis) is 1. The number of benzene rings is 2. The number of rotatable bonds is 8. The quantitative estimate of drug-likeness (QED) is 0.740. The first-order valence-electron chi connectivity index (χ1n) is 8.72. The molecule has 138 valence electrons. The Morgan fingerprint density at radius 2 is 1.73 bits per heavy atom. The molecule has 0 saturated carbocycles. The Morgan fingerprint density at radius 3 is 2.38 bits per heavy atom. The summed E-state index contributed by atoms with van der Waals surface area (Å²) >= 11 is 0. The molecule has 26 heavy (non-hydrogen) atoms. The van der Waals surface area contributed by atoms with Crippen LogP contribution >= 0.6 is 0 Å². The molecule has 0 bridgehead atoms. The molecular formula is C21H25NO4. The predicted molar refractivity (Wildman–Crippen MR) is 100 cm³/mol. The lowest BCUT2D eigenvalue weighted by Gasteiger charge is -2.18. The zero-order chi connectivity index (χ0) is 18.9. The smallest absolute Gasteiger partial charge is 0.407 e. The van der Waals surface area contributed by atoms with Gasteiger partial charge in [0.25, 0.3) is 0 Å². The molecule has 0 saturated heterocycles. The van der Waals surface area contributed by atoms with E-state index in [1.807, 2.05) is 54.6 Å². The lowest BCUT2D eigenvalue weighted by molar-refractivity contribution is -0.137. The number of hydrogen-bond acceptors (Lipinski definition) is 3. The highest BCUT2D eigenvalue weighted by Crippen LogP contribution is 2.23. The van der Waals surface area contributed by atoms with Crippen molar-refractivity contribution in [1.29, 1.82) is 0 Å². The number of ether oxygens (including phenoxy) is 1. The number of carbonyl (C=O) groups excluding carboxylic acids is 1. The van der Waals surface area contributed by atoms with E-state index in [0.29, 0.717) is 5.92 Å². The van der Waals surface area contributed by atoms with Crippen LogP contribution in [0.15, 0.2) is 54.6 Å². The van der Waals surface area contributed by atoms with E-state index in [1.165, 1.54) is 0 Å². The van der Waals surface area contributed by atoms with Crippen molar-refractivity contribution in [3.63, 3.8) is 0 Å². The van der Waals surface area contributed by atoms with Crippen molar-refractivity contribution in [2.24, 2.45) is 0 Å². The van der Waals surface area contributed by atoms with Crippen molar-refractivity contribution >= 4 is 12.1 Å². The van der Waals surface area contributed by atoms with Gasteiger partial charge in [0, 0.05) is 12.5 Å². The summed E-state index contributed by atoms with van der Waals surface area (Å²) in [4.78, 5) is 23.1. The maximum absolute atomic E-state index is 11.9. The second-order valence-electron chi connectivity index (χ2n) is 6.56. The number of carboxylic acids is 1. The van der Waals surface area contributed by atoms with Gasteiger partial charge in [-0.3, -0.25) is 4.79 Å². The molecule has 2 N–H and O–H groups in total. The van der Waals surface area contributed by atoms with Gasteiger partial charge in [0.1, 0.15) is 6.61 Å². The van der Waals surface area contributed by atoms with Crippen LogP contribution in [-0.4, -0.2) is 23.7 Å². The first-order valence-corrected chi connectivity index (χ1v) is 8.72. The maximum atomic E-state index is 11.9. The summed E-state index contributed by atoms with van der Waals surface area (Å²) in [5.41, 5.74) is 2.95. The van der Waals surface area contributed by atoms with Crippen LogP contribution in [0.4, 0.5) is 4.79 Å². The van der Waals surface area contributed by atoms with Crippen LogP contribution < -0.4 is 5.32 Å². The van der Waals surface area contributed by atoms with Crippen LogP contribution in [0.25, 0.3) is 0 Å². The molecule has 0 radical (unpaired) electrons. The summed E-state index contributed by atoms with van der Waals surface area (Å²) in [5.74, 6) is -0.857. The van der Waals surface area contributed by atoms with Crippen molar-refractivity contribution in [2.75, 3.05) is 6.54 Å². The van der Waals surface area contributed by atoms with Gasteiger partial charge in [-0.25, -0.2) is 4.79 Å². The highest BCUT2D eigenvalue weighted by atomic mass is 16.5. The third-order valence-electron chi connectivity index (χ3n) is 4.18. The van der Waals surface area contributed by atoms with Gasteiger partial charge in [-0.2, -0.15) is 0 Å². The van der Waals surface area contributed by atoms with Crippen molar-refractivity contribution in [3.05, 3.63) is 71.3 Å². The standard InChI is InChI=1S/C21H25NO4/c1-15(2)17-9-6-10-18(11-17)19(12-20(23)24)13-22-21(25)26-14-16-7-4-3-5-8-16/h3-11,15,19H,12-14H2,1-2H3,(H,22,25)(H,23,24). The van der Waals surface area contributed by atoms with E-state index < -0.39 is 12.1 Å². The monoisotopic (exact) mass is 355 g/mol. The summed E-state index contributed by atoms with van der Waals surface area (Å²) in [6, 6.07) is 17.2. The Labute approximate surface area is 154 Å². The van der Waals surface area contributed by atoms with E-state index in [4.69, 9.17) is 4.74 Å². The average Bonchev–Trinajstić information content (AvgIpc) is 2.64. The molecule has 5 heteroatoms. The topological polar surface area (TPSA) is 75.6 Å². The Hall–Kier alpha value is -2.82.